The van der Waals surface area contributed by atoms with Crippen molar-refractivity contribution >= 4 is 28.9 Å². The molecule has 1 aliphatic rings. The molecule has 2 aromatic rings. The number of carbonyl (C=O) groups is 2. The van der Waals surface area contributed by atoms with Crippen LogP contribution in [0.5, 0.6) is 0 Å². The smallest absolute Gasteiger partial charge is 0.255 e. The fraction of sp³-hybridized carbons (Fsp3) is 0.364. The second kappa shape index (κ2) is 7.82. The third-order valence-corrected chi connectivity index (χ3v) is 4.64. The van der Waals surface area contributed by atoms with Gasteiger partial charge < -0.3 is 15.5 Å². The Bertz CT molecular complexity index is 833. The van der Waals surface area contributed by atoms with Crippen LogP contribution in [0.15, 0.2) is 48.5 Å². The summed E-state index contributed by atoms with van der Waals surface area (Å²) in [6.07, 6.45) is 2.42. The maximum Gasteiger partial charge on any atom is 0.255 e. The van der Waals surface area contributed by atoms with Crippen LogP contribution in [0.4, 0.5) is 17.1 Å². The first-order valence-corrected chi connectivity index (χ1v) is 9.41. The molecule has 1 heterocycles. The standard InChI is InChI=1S/C22H27N3O2/c1-22(2,3)21(27)24-17-9-6-8-16(14-17)20(26)23-18-10-7-11-19(15-18)25-12-4-5-13-25/h6-11,14-15H,4-5,12-13H2,1-3H3,(H,23,26)(H,24,27). The van der Waals surface area contributed by atoms with Crippen LogP contribution in [-0.2, 0) is 4.79 Å². The van der Waals surface area contributed by atoms with Gasteiger partial charge in [0.1, 0.15) is 0 Å². The maximum atomic E-state index is 12.6. The summed E-state index contributed by atoms with van der Waals surface area (Å²) in [7, 11) is 0. The average molecular weight is 365 g/mol. The number of anilines is 3. The first-order chi connectivity index (χ1) is 12.8. The minimum Gasteiger partial charge on any atom is -0.371 e. The number of hydrogen-bond donors (Lipinski definition) is 2. The SMILES string of the molecule is CC(C)(C)C(=O)Nc1cccc(C(=O)Nc2cccc(N3CCCC3)c2)c1. The van der Waals surface area contributed by atoms with Gasteiger partial charge in [-0.05, 0) is 49.2 Å². The van der Waals surface area contributed by atoms with Crippen molar-refractivity contribution in [3.8, 4) is 0 Å². The van der Waals surface area contributed by atoms with Crippen LogP contribution in [0.2, 0.25) is 0 Å². The molecule has 0 aliphatic carbocycles. The summed E-state index contributed by atoms with van der Waals surface area (Å²) in [6, 6.07) is 14.9. The van der Waals surface area contributed by atoms with E-state index in [1.54, 1.807) is 24.3 Å². The molecule has 0 unspecified atom stereocenters. The highest BCUT2D eigenvalue weighted by atomic mass is 16.2. The molecular formula is C22H27N3O2. The third-order valence-electron chi connectivity index (χ3n) is 4.64. The lowest BCUT2D eigenvalue weighted by Crippen LogP contribution is -2.27. The molecule has 27 heavy (non-hydrogen) atoms. The molecule has 3 rings (SSSR count). The van der Waals surface area contributed by atoms with E-state index >= 15 is 0 Å². The minimum absolute atomic E-state index is 0.0848. The lowest BCUT2D eigenvalue weighted by Gasteiger charge is -2.19. The molecule has 2 amide bonds. The predicted octanol–water partition coefficient (Wildman–Crippen LogP) is 4.52. The van der Waals surface area contributed by atoms with E-state index in [0.29, 0.717) is 11.3 Å². The van der Waals surface area contributed by atoms with E-state index < -0.39 is 5.41 Å². The maximum absolute atomic E-state index is 12.6. The van der Waals surface area contributed by atoms with Gasteiger partial charge in [0.05, 0.1) is 0 Å². The molecule has 0 radical (unpaired) electrons. The second-order valence-corrected chi connectivity index (χ2v) is 7.98. The zero-order valence-electron chi connectivity index (χ0n) is 16.2. The molecule has 0 saturated carbocycles. The Morgan fingerprint density at radius 3 is 2.19 bits per heavy atom. The van der Waals surface area contributed by atoms with Crippen molar-refractivity contribution in [3.05, 3.63) is 54.1 Å². The van der Waals surface area contributed by atoms with Crippen LogP contribution in [0.1, 0.15) is 44.0 Å². The van der Waals surface area contributed by atoms with E-state index in [1.807, 2.05) is 39.0 Å². The molecule has 5 heteroatoms. The quantitative estimate of drug-likeness (QED) is 0.837. The fourth-order valence-electron chi connectivity index (χ4n) is 3.02. The average Bonchev–Trinajstić information content (AvgIpc) is 3.16. The van der Waals surface area contributed by atoms with Crippen molar-refractivity contribution in [1.82, 2.24) is 0 Å². The Kier molecular flexibility index (Phi) is 5.49. The fourth-order valence-corrected chi connectivity index (χ4v) is 3.02. The highest BCUT2D eigenvalue weighted by Gasteiger charge is 2.21. The van der Waals surface area contributed by atoms with Gasteiger partial charge in [-0.15, -0.1) is 0 Å². The summed E-state index contributed by atoms with van der Waals surface area (Å²) >= 11 is 0. The summed E-state index contributed by atoms with van der Waals surface area (Å²) < 4.78 is 0. The summed E-state index contributed by atoms with van der Waals surface area (Å²) in [6.45, 7) is 7.69. The molecule has 0 atom stereocenters. The summed E-state index contributed by atoms with van der Waals surface area (Å²) in [5, 5.41) is 5.82. The second-order valence-electron chi connectivity index (χ2n) is 7.98. The summed E-state index contributed by atoms with van der Waals surface area (Å²) in [4.78, 5) is 27.1. The molecule has 1 fully saturated rings. The van der Waals surface area contributed by atoms with Crippen LogP contribution in [0.25, 0.3) is 0 Å². The van der Waals surface area contributed by atoms with E-state index in [2.05, 4.69) is 21.6 Å². The third kappa shape index (κ3) is 4.88. The molecule has 142 valence electrons. The van der Waals surface area contributed by atoms with Gasteiger partial charge in [0, 0.05) is 41.1 Å². The molecule has 5 nitrogen and oxygen atoms in total. The molecule has 2 N–H and O–H groups in total. The van der Waals surface area contributed by atoms with Gasteiger partial charge in [0.25, 0.3) is 5.91 Å². The van der Waals surface area contributed by atoms with Crippen molar-refractivity contribution in [3.63, 3.8) is 0 Å². The summed E-state index contributed by atoms with van der Waals surface area (Å²) in [5.41, 5.74) is 2.54. The Labute approximate surface area is 160 Å². The van der Waals surface area contributed by atoms with Gasteiger partial charge in [-0.3, -0.25) is 9.59 Å². The van der Waals surface area contributed by atoms with Crippen LogP contribution in [-0.4, -0.2) is 24.9 Å². The Morgan fingerprint density at radius 2 is 1.52 bits per heavy atom. The Morgan fingerprint density at radius 1 is 0.889 bits per heavy atom. The Hall–Kier alpha value is -2.82. The van der Waals surface area contributed by atoms with Gasteiger partial charge in [-0.25, -0.2) is 0 Å². The van der Waals surface area contributed by atoms with Crippen LogP contribution in [0.3, 0.4) is 0 Å². The van der Waals surface area contributed by atoms with Crippen molar-refractivity contribution in [2.45, 2.75) is 33.6 Å². The largest absolute Gasteiger partial charge is 0.371 e. The van der Waals surface area contributed by atoms with Crippen molar-refractivity contribution in [2.75, 3.05) is 28.6 Å². The monoisotopic (exact) mass is 365 g/mol. The molecular weight excluding hydrogens is 338 g/mol. The van der Waals surface area contributed by atoms with Gasteiger partial charge in [0.2, 0.25) is 5.91 Å². The molecule has 1 saturated heterocycles. The molecule has 0 aromatic heterocycles. The van der Waals surface area contributed by atoms with Crippen LogP contribution >= 0.6 is 0 Å². The van der Waals surface area contributed by atoms with Crippen LogP contribution in [0, 0.1) is 5.41 Å². The normalized spacial score (nSPS) is 14.1. The zero-order valence-corrected chi connectivity index (χ0v) is 16.2. The minimum atomic E-state index is -0.492. The number of hydrogen-bond acceptors (Lipinski definition) is 3. The molecule has 2 aromatic carbocycles. The molecule has 0 bridgehead atoms. The highest BCUT2D eigenvalue weighted by Crippen LogP contribution is 2.24. The van der Waals surface area contributed by atoms with Gasteiger partial charge in [0.15, 0.2) is 0 Å². The molecule has 1 aliphatic heterocycles. The van der Waals surface area contributed by atoms with E-state index in [9.17, 15) is 9.59 Å². The van der Waals surface area contributed by atoms with E-state index in [-0.39, 0.29) is 11.8 Å². The van der Waals surface area contributed by atoms with E-state index in [4.69, 9.17) is 0 Å². The van der Waals surface area contributed by atoms with Gasteiger partial charge >= 0.3 is 0 Å². The first-order valence-electron chi connectivity index (χ1n) is 9.41. The van der Waals surface area contributed by atoms with Crippen molar-refractivity contribution in [1.29, 1.82) is 0 Å². The van der Waals surface area contributed by atoms with Gasteiger partial charge in [-0.1, -0.05) is 32.9 Å². The first kappa shape index (κ1) is 19.0. The number of nitrogens with one attached hydrogen (secondary N) is 2. The van der Waals surface area contributed by atoms with Crippen molar-refractivity contribution in [2.24, 2.45) is 5.41 Å². The van der Waals surface area contributed by atoms with E-state index in [1.165, 1.54) is 12.8 Å². The predicted molar refractivity (Wildman–Crippen MR) is 110 cm³/mol. The highest BCUT2D eigenvalue weighted by molar-refractivity contribution is 6.05. The topological polar surface area (TPSA) is 61.4 Å². The number of amides is 2. The molecule has 0 spiro atoms. The van der Waals surface area contributed by atoms with Crippen molar-refractivity contribution < 1.29 is 9.59 Å². The van der Waals surface area contributed by atoms with Crippen LogP contribution < -0.4 is 15.5 Å². The number of rotatable bonds is 4. The number of benzene rings is 2. The lowest BCUT2D eigenvalue weighted by molar-refractivity contribution is -0.123. The number of carbonyl (C=O) groups excluding carboxylic acids is 2. The van der Waals surface area contributed by atoms with Gasteiger partial charge in [-0.2, -0.15) is 0 Å². The Balaban J connectivity index is 1.70. The van der Waals surface area contributed by atoms with E-state index in [0.717, 1.165) is 24.5 Å². The number of nitrogens with zero attached hydrogens (tertiary/aromatic N) is 1. The summed E-state index contributed by atoms with van der Waals surface area (Å²) in [5.74, 6) is -0.279. The lowest BCUT2D eigenvalue weighted by atomic mass is 9.95. The zero-order chi connectivity index (χ0) is 19.4.